The summed E-state index contributed by atoms with van der Waals surface area (Å²) >= 11 is 0. The molecule has 3 heterocycles. The van der Waals surface area contributed by atoms with E-state index in [0.717, 1.165) is 27.8 Å². The van der Waals surface area contributed by atoms with E-state index in [1.807, 2.05) is 60.5 Å². The molecule has 0 radical (unpaired) electrons. The largest absolute Gasteiger partial charge is 0.465 e. The number of fused-ring (bicyclic) bond motifs is 1. The summed E-state index contributed by atoms with van der Waals surface area (Å²) in [6.45, 7) is 0. The van der Waals surface area contributed by atoms with Gasteiger partial charge < -0.3 is 9.64 Å². The number of aromatic nitrogens is 4. The summed E-state index contributed by atoms with van der Waals surface area (Å²) in [5, 5.41) is 0.905. The molecule has 2 aromatic carbocycles. The summed E-state index contributed by atoms with van der Waals surface area (Å²) in [7, 11) is 3.27. The van der Waals surface area contributed by atoms with Crippen LogP contribution in [0.25, 0.3) is 33.4 Å². The Kier molecular flexibility index (Phi) is 5.66. The molecule has 7 nitrogen and oxygen atoms in total. The lowest BCUT2D eigenvalue weighted by Gasteiger charge is -2.21. The first-order chi connectivity index (χ1) is 16.7. The number of rotatable bonds is 5. The van der Waals surface area contributed by atoms with Crippen molar-refractivity contribution in [2.45, 2.75) is 0 Å². The van der Waals surface area contributed by atoms with Crippen LogP contribution in [0.2, 0.25) is 0 Å². The standard InChI is InChI=1S/C27H21N5O2/c1-32(23-13-6-7-14-29-23)26-24-21(18-9-4-3-5-10-18)11-8-12-22(24)30-25(31-26)19-15-20(17-28-16-19)27(33)34-2/h3-17H,1-2H3. The Balaban J connectivity index is 1.77. The lowest BCUT2D eigenvalue weighted by atomic mass is 10.0. The molecule has 5 aromatic rings. The van der Waals surface area contributed by atoms with E-state index in [4.69, 9.17) is 14.7 Å². The topological polar surface area (TPSA) is 81.1 Å². The van der Waals surface area contributed by atoms with Crippen molar-refractivity contribution in [3.63, 3.8) is 0 Å². The summed E-state index contributed by atoms with van der Waals surface area (Å²) in [5.41, 5.74) is 3.80. The summed E-state index contributed by atoms with van der Waals surface area (Å²) in [6.07, 6.45) is 4.85. The van der Waals surface area contributed by atoms with Gasteiger partial charge in [-0.3, -0.25) is 4.98 Å². The number of nitrogens with zero attached hydrogens (tertiary/aromatic N) is 5. The number of benzene rings is 2. The highest BCUT2D eigenvalue weighted by atomic mass is 16.5. The molecule has 0 spiro atoms. The molecule has 0 saturated carbocycles. The molecule has 7 heteroatoms. The van der Waals surface area contributed by atoms with Gasteiger partial charge in [0.25, 0.3) is 0 Å². The second-order valence-electron chi connectivity index (χ2n) is 7.64. The minimum absolute atomic E-state index is 0.335. The Morgan fingerprint density at radius 2 is 1.71 bits per heavy atom. The molecule has 3 aromatic heterocycles. The molecule has 0 aliphatic heterocycles. The highest BCUT2D eigenvalue weighted by Gasteiger charge is 2.19. The van der Waals surface area contributed by atoms with E-state index < -0.39 is 5.97 Å². The van der Waals surface area contributed by atoms with Gasteiger partial charge in [-0.05, 0) is 35.4 Å². The molecule has 34 heavy (non-hydrogen) atoms. The molecule has 0 amide bonds. The first kappa shape index (κ1) is 21.2. The number of anilines is 2. The van der Waals surface area contributed by atoms with E-state index >= 15 is 0 Å². The maximum absolute atomic E-state index is 12.1. The van der Waals surface area contributed by atoms with E-state index in [1.165, 1.54) is 13.3 Å². The maximum atomic E-state index is 12.1. The average Bonchev–Trinajstić information content (AvgIpc) is 2.92. The zero-order valence-electron chi connectivity index (χ0n) is 18.7. The lowest BCUT2D eigenvalue weighted by molar-refractivity contribution is 0.0600. The van der Waals surface area contributed by atoms with Crippen LogP contribution in [0.1, 0.15) is 10.4 Å². The number of methoxy groups -OCH3 is 1. The molecule has 0 bridgehead atoms. The normalized spacial score (nSPS) is 10.8. The van der Waals surface area contributed by atoms with Crippen LogP contribution in [-0.4, -0.2) is 40.1 Å². The van der Waals surface area contributed by atoms with E-state index in [-0.39, 0.29) is 0 Å². The third-order valence-corrected chi connectivity index (χ3v) is 5.52. The van der Waals surface area contributed by atoms with E-state index in [1.54, 1.807) is 18.5 Å². The number of esters is 1. The molecule has 0 aliphatic carbocycles. The van der Waals surface area contributed by atoms with Gasteiger partial charge >= 0.3 is 5.97 Å². The summed E-state index contributed by atoms with van der Waals surface area (Å²) in [6, 6.07) is 23.6. The van der Waals surface area contributed by atoms with Gasteiger partial charge in [0.1, 0.15) is 11.6 Å². The third-order valence-electron chi connectivity index (χ3n) is 5.52. The molecular weight excluding hydrogens is 426 g/mol. The zero-order valence-corrected chi connectivity index (χ0v) is 18.7. The van der Waals surface area contributed by atoms with Gasteiger partial charge in [0.2, 0.25) is 0 Å². The summed E-state index contributed by atoms with van der Waals surface area (Å²) < 4.78 is 4.85. The van der Waals surface area contributed by atoms with Crippen molar-refractivity contribution in [1.82, 2.24) is 19.9 Å². The van der Waals surface area contributed by atoms with Gasteiger partial charge in [0.15, 0.2) is 5.82 Å². The number of pyridine rings is 2. The molecule has 0 fully saturated rings. The van der Waals surface area contributed by atoms with E-state index in [9.17, 15) is 4.79 Å². The molecule has 0 aliphatic rings. The fourth-order valence-electron chi connectivity index (χ4n) is 3.85. The molecule has 5 rings (SSSR count). The fraction of sp³-hybridized carbons (Fsp3) is 0.0741. The summed E-state index contributed by atoms with van der Waals surface area (Å²) in [5.74, 6) is 1.43. The van der Waals surface area contributed by atoms with Crippen LogP contribution < -0.4 is 4.90 Å². The number of carbonyl (C=O) groups excluding carboxylic acids is 1. The Hall–Kier alpha value is -4.65. The van der Waals surface area contributed by atoms with Crippen molar-refractivity contribution in [2.75, 3.05) is 19.1 Å². The Morgan fingerprint density at radius 1 is 0.882 bits per heavy atom. The number of carbonyl (C=O) groups is 1. The van der Waals surface area contributed by atoms with Crippen molar-refractivity contribution in [1.29, 1.82) is 0 Å². The molecule has 0 atom stereocenters. The summed E-state index contributed by atoms with van der Waals surface area (Å²) in [4.78, 5) is 32.5. The molecular formula is C27H21N5O2. The van der Waals surface area contributed by atoms with E-state index in [2.05, 4.69) is 28.2 Å². The predicted molar refractivity (Wildman–Crippen MR) is 132 cm³/mol. The monoisotopic (exact) mass is 447 g/mol. The molecule has 0 unspecified atom stereocenters. The number of hydrogen-bond acceptors (Lipinski definition) is 7. The van der Waals surface area contributed by atoms with Crippen LogP contribution in [0, 0.1) is 0 Å². The Bertz CT molecular complexity index is 1470. The lowest BCUT2D eigenvalue weighted by Crippen LogP contribution is -2.14. The smallest absolute Gasteiger partial charge is 0.339 e. The van der Waals surface area contributed by atoms with Crippen LogP contribution in [0.4, 0.5) is 11.6 Å². The quantitative estimate of drug-likeness (QED) is 0.338. The van der Waals surface area contributed by atoms with Gasteiger partial charge in [-0.1, -0.05) is 48.5 Å². The fourth-order valence-corrected chi connectivity index (χ4v) is 3.85. The Morgan fingerprint density at radius 3 is 2.47 bits per heavy atom. The van der Waals surface area contributed by atoms with Crippen LogP contribution in [0.3, 0.4) is 0 Å². The van der Waals surface area contributed by atoms with E-state index in [0.29, 0.717) is 22.8 Å². The van der Waals surface area contributed by atoms with Gasteiger partial charge in [-0.25, -0.2) is 19.7 Å². The predicted octanol–water partition coefficient (Wildman–Crippen LogP) is 5.31. The first-order valence-electron chi connectivity index (χ1n) is 10.7. The maximum Gasteiger partial charge on any atom is 0.339 e. The van der Waals surface area contributed by atoms with Gasteiger partial charge in [0, 0.05) is 31.2 Å². The minimum Gasteiger partial charge on any atom is -0.465 e. The van der Waals surface area contributed by atoms with Crippen LogP contribution in [0.5, 0.6) is 0 Å². The van der Waals surface area contributed by atoms with Crippen LogP contribution in [-0.2, 0) is 4.74 Å². The highest BCUT2D eigenvalue weighted by Crippen LogP contribution is 2.37. The van der Waals surface area contributed by atoms with Crippen LogP contribution in [0.15, 0.2) is 91.4 Å². The minimum atomic E-state index is -0.465. The average molecular weight is 447 g/mol. The van der Waals surface area contributed by atoms with Crippen molar-refractivity contribution in [2.24, 2.45) is 0 Å². The van der Waals surface area contributed by atoms with Crippen molar-refractivity contribution >= 4 is 28.5 Å². The number of hydrogen-bond donors (Lipinski definition) is 0. The molecule has 166 valence electrons. The van der Waals surface area contributed by atoms with Gasteiger partial charge in [-0.15, -0.1) is 0 Å². The van der Waals surface area contributed by atoms with Crippen LogP contribution >= 0.6 is 0 Å². The van der Waals surface area contributed by atoms with Crippen molar-refractivity contribution < 1.29 is 9.53 Å². The molecule has 0 N–H and O–H groups in total. The first-order valence-corrected chi connectivity index (χ1v) is 10.7. The Labute approximate surface area is 196 Å². The van der Waals surface area contributed by atoms with Crippen molar-refractivity contribution in [3.8, 4) is 22.5 Å². The molecule has 0 saturated heterocycles. The number of ether oxygens (including phenoxy) is 1. The second kappa shape index (κ2) is 9.07. The van der Waals surface area contributed by atoms with Gasteiger partial charge in [-0.2, -0.15) is 0 Å². The second-order valence-corrected chi connectivity index (χ2v) is 7.64. The highest BCUT2D eigenvalue weighted by molar-refractivity contribution is 6.03. The zero-order chi connectivity index (χ0) is 23.5. The SMILES string of the molecule is COC(=O)c1cncc(-c2nc(N(C)c3ccccn3)c3c(-c4ccccc4)cccc3n2)c1. The third kappa shape index (κ3) is 3.95. The van der Waals surface area contributed by atoms with Crippen molar-refractivity contribution in [3.05, 3.63) is 97.0 Å². The van der Waals surface area contributed by atoms with Gasteiger partial charge in [0.05, 0.1) is 23.6 Å².